The number of aliphatic hydroxyl groups excluding tert-OH is 1. The zero-order valence-corrected chi connectivity index (χ0v) is 13.3. The first-order chi connectivity index (χ1) is 11.3. The molecule has 0 radical (unpaired) electrons. The Morgan fingerprint density at radius 1 is 1.30 bits per heavy atom. The summed E-state index contributed by atoms with van der Waals surface area (Å²) in [4.78, 5) is 6.46. The minimum Gasteiger partial charge on any atom is -0.395 e. The Kier molecular flexibility index (Phi) is 3.68. The third-order valence-corrected chi connectivity index (χ3v) is 5.06. The van der Waals surface area contributed by atoms with E-state index in [2.05, 4.69) is 16.4 Å². The summed E-state index contributed by atoms with van der Waals surface area (Å²) in [5, 5.41) is 18.3. The fraction of sp³-hybridized carbons (Fsp3) is 0.250. The van der Waals surface area contributed by atoms with Crippen LogP contribution in [0.15, 0.2) is 40.4 Å². The van der Waals surface area contributed by atoms with Crippen molar-refractivity contribution in [2.75, 3.05) is 25.0 Å². The second-order valence-corrected chi connectivity index (χ2v) is 6.37. The van der Waals surface area contributed by atoms with E-state index in [1.54, 1.807) is 18.0 Å². The Bertz CT molecular complexity index is 876. The highest BCUT2D eigenvalue weighted by Crippen LogP contribution is 2.49. The van der Waals surface area contributed by atoms with E-state index in [0.29, 0.717) is 19.6 Å². The lowest BCUT2D eigenvalue weighted by atomic mass is 10.1. The molecule has 0 fully saturated rings. The number of nitrogens with zero attached hydrogens (tertiary/aromatic N) is 3. The number of nitrogens with two attached hydrogens (primary N) is 1. The van der Waals surface area contributed by atoms with Crippen molar-refractivity contribution in [2.24, 2.45) is 5.73 Å². The predicted molar refractivity (Wildman–Crippen MR) is 91.7 cm³/mol. The number of anilines is 1. The van der Waals surface area contributed by atoms with E-state index in [4.69, 9.17) is 15.9 Å². The van der Waals surface area contributed by atoms with Crippen molar-refractivity contribution in [3.05, 3.63) is 30.6 Å². The van der Waals surface area contributed by atoms with Gasteiger partial charge in [0.1, 0.15) is 5.69 Å². The summed E-state index contributed by atoms with van der Waals surface area (Å²) in [6.45, 7) is 1.85. The maximum absolute atomic E-state index is 9.10. The third-order valence-electron chi connectivity index (χ3n) is 3.89. The molecule has 7 heteroatoms. The molecule has 0 aliphatic carbocycles. The van der Waals surface area contributed by atoms with Crippen LogP contribution in [-0.4, -0.2) is 39.6 Å². The largest absolute Gasteiger partial charge is 0.395 e. The molecule has 1 aromatic carbocycles. The molecule has 0 amide bonds. The molecule has 0 saturated carbocycles. The molecule has 0 saturated heterocycles. The van der Waals surface area contributed by atoms with Crippen LogP contribution in [-0.2, 0) is 6.54 Å². The van der Waals surface area contributed by atoms with E-state index in [1.807, 2.05) is 23.0 Å². The highest BCUT2D eigenvalue weighted by atomic mass is 32.2. The second-order valence-electron chi connectivity index (χ2n) is 5.32. The van der Waals surface area contributed by atoms with E-state index in [1.165, 1.54) is 0 Å². The average molecular weight is 327 g/mol. The summed E-state index contributed by atoms with van der Waals surface area (Å²) in [6.07, 6.45) is 3.67. The normalized spacial score (nSPS) is 12.4. The summed E-state index contributed by atoms with van der Waals surface area (Å²) in [7, 11) is 0. The zero-order valence-electron chi connectivity index (χ0n) is 12.5. The molecule has 1 aliphatic heterocycles. The summed E-state index contributed by atoms with van der Waals surface area (Å²) < 4.78 is 1.97. The number of fused-ring (bicyclic) bond motifs is 2. The van der Waals surface area contributed by atoms with Gasteiger partial charge in [-0.1, -0.05) is 11.8 Å². The fourth-order valence-electron chi connectivity index (χ4n) is 2.92. The Morgan fingerprint density at radius 2 is 2.22 bits per heavy atom. The molecular formula is C16H17N5OS. The molecule has 3 heterocycles. The van der Waals surface area contributed by atoms with Crippen LogP contribution in [0.25, 0.3) is 22.2 Å². The van der Waals surface area contributed by atoms with Crippen LogP contribution in [0.3, 0.4) is 0 Å². The molecular weight excluding hydrogens is 310 g/mol. The molecule has 118 valence electrons. The number of hydrogen-bond acceptors (Lipinski definition) is 6. The molecule has 0 unspecified atom stereocenters. The van der Waals surface area contributed by atoms with Crippen molar-refractivity contribution in [3.8, 4) is 11.3 Å². The van der Waals surface area contributed by atoms with Crippen LogP contribution in [0.4, 0.5) is 5.69 Å². The number of aliphatic hydroxyl groups is 1. The molecule has 6 nitrogen and oxygen atoms in total. The molecule has 4 rings (SSSR count). The first kappa shape index (κ1) is 14.5. The third kappa shape index (κ3) is 2.28. The van der Waals surface area contributed by atoms with Crippen molar-refractivity contribution in [1.29, 1.82) is 0 Å². The molecule has 0 bridgehead atoms. The zero-order chi connectivity index (χ0) is 15.8. The van der Waals surface area contributed by atoms with Crippen LogP contribution in [0.2, 0.25) is 0 Å². The van der Waals surface area contributed by atoms with Crippen LogP contribution < -0.4 is 11.1 Å². The molecule has 1 aliphatic rings. The van der Waals surface area contributed by atoms with Crippen molar-refractivity contribution in [3.63, 3.8) is 0 Å². The van der Waals surface area contributed by atoms with Gasteiger partial charge in [-0.25, -0.2) is 0 Å². The van der Waals surface area contributed by atoms with Gasteiger partial charge in [-0.15, -0.1) is 0 Å². The standard InChI is InChI=1S/C16H17N5OS/c17-4-7-21-12-2-1-11(19-6-8-22)16-14(12)15(20-21)10-3-5-18-9-13(10)23-16/h1-3,5,9,19,22H,4,6-8,17H2. The Labute approximate surface area is 137 Å². The number of pyridine rings is 1. The van der Waals surface area contributed by atoms with Gasteiger partial charge in [0, 0.05) is 51.9 Å². The van der Waals surface area contributed by atoms with E-state index in [0.717, 1.165) is 37.6 Å². The lowest BCUT2D eigenvalue weighted by molar-refractivity contribution is 0.311. The highest BCUT2D eigenvalue weighted by Gasteiger charge is 2.25. The summed E-state index contributed by atoms with van der Waals surface area (Å²) in [5.41, 5.74) is 9.92. The fourth-order valence-corrected chi connectivity index (χ4v) is 4.09. The van der Waals surface area contributed by atoms with Gasteiger partial charge in [0.05, 0.1) is 18.7 Å². The van der Waals surface area contributed by atoms with Gasteiger partial charge < -0.3 is 16.2 Å². The van der Waals surface area contributed by atoms with Gasteiger partial charge in [-0.05, 0) is 18.2 Å². The number of nitrogens with one attached hydrogen (secondary N) is 1. The minimum atomic E-state index is 0.0968. The SMILES string of the molecule is NCCn1nc2c3c(c(NCCO)ccc31)Sc1cnccc1-2. The number of aromatic nitrogens is 3. The highest BCUT2D eigenvalue weighted by molar-refractivity contribution is 8.00. The Morgan fingerprint density at radius 3 is 3.04 bits per heavy atom. The van der Waals surface area contributed by atoms with Gasteiger partial charge in [-0.3, -0.25) is 9.67 Å². The summed E-state index contributed by atoms with van der Waals surface area (Å²) in [6, 6.07) is 6.12. The molecule has 0 atom stereocenters. The first-order valence-corrected chi connectivity index (χ1v) is 8.35. The molecule has 23 heavy (non-hydrogen) atoms. The second kappa shape index (κ2) is 5.84. The Balaban J connectivity index is 1.98. The molecule has 3 aromatic rings. The Hall–Kier alpha value is -2.09. The van der Waals surface area contributed by atoms with Gasteiger partial charge in [0.15, 0.2) is 0 Å². The van der Waals surface area contributed by atoms with Gasteiger partial charge in [-0.2, -0.15) is 5.10 Å². The van der Waals surface area contributed by atoms with Crippen molar-refractivity contribution in [1.82, 2.24) is 14.8 Å². The molecule has 4 N–H and O–H groups in total. The molecule has 0 spiro atoms. The van der Waals surface area contributed by atoms with E-state index < -0.39 is 0 Å². The minimum absolute atomic E-state index is 0.0968. The van der Waals surface area contributed by atoms with Crippen molar-refractivity contribution < 1.29 is 5.11 Å². The number of rotatable bonds is 5. The van der Waals surface area contributed by atoms with E-state index in [9.17, 15) is 0 Å². The number of benzene rings is 1. The first-order valence-electron chi connectivity index (χ1n) is 7.54. The smallest absolute Gasteiger partial charge is 0.103 e. The van der Waals surface area contributed by atoms with Crippen LogP contribution in [0.5, 0.6) is 0 Å². The maximum Gasteiger partial charge on any atom is 0.103 e. The van der Waals surface area contributed by atoms with Gasteiger partial charge in [0.2, 0.25) is 0 Å². The lowest BCUT2D eigenvalue weighted by Gasteiger charge is -2.18. The number of hydrogen-bond donors (Lipinski definition) is 3. The topological polar surface area (TPSA) is 89.0 Å². The van der Waals surface area contributed by atoms with Gasteiger partial charge in [0.25, 0.3) is 0 Å². The lowest BCUT2D eigenvalue weighted by Crippen LogP contribution is -2.11. The molecule has 2 aromatic heterocycles. The summed E-state index contributed by atoms with van der Waals surface area (Å²) >= 11 is 1.69. The average Bonchev–Trinajstić information content (AvgIpc) is 2.95. The quantitative estimate of drug-likeness (QED) is 0.519. The van der Waals surface area contributed by atoms with E-state index >= 15 is 0 Å². The van der Waals surface area contributed by atoms with Crippen molar-refractivity contribution >= 4 is 28.4 Å². The van der Waals surface area contributed by atoms with Crippen LogP contribution in [0, 0.1) is 0 Å². The van der Waals surface area contributed by atoms with E-state index in [-0.39, 0.29) is 6.61 Å². The van der Waals surface area contributed by atoms with Crippen LogP contribution >= 0.6 is 11.8 Å². The van der Waals surface area contributed by atoms with Gasteiger partial charge >= 0.3 is 0 Å². The predicted octanol–water partition coefficient (Wildman–Crippen LogP) is 1.93. The van der Waals surface area contributed by atoms with Crippen LogP contribution in [0.1, 0.15) is 0 Å². The monoisotopic (exact) mass is 327 g/mol. The van der Waals surface area contributed by atoms with Crippen molar-refractivity contribution in [2.45, 2.75) is 16.3 Å². The maximum atomic E-state index is 9.10. The summed E-state index contributed by atoms with van der Waals surface area (Å²) in [5.74, 6) is 0.